The predicted molar refractivity (Wildman–Crippen MR) is 118 cm³/mol. The molecule has 136 valence electrons. The number of ketones is 1. The van der Waals surface area contributed by atoms with Crippen molar-refractivity contribution in [3.05, 3.63) is 72.9 Å². The van der Waals surface area contributed by atoms with Crippen LogP contribution in [0.2, 0.25) is 0 Å². The Morgan fingerprint density at radius 2 is 1.31 bits per heavy atom. The molecule has 0 aromatic heterocycles. The molecule has 0 saturated carbocycles. The fraction of sp³-hybridized carbons (Fsp3) is 0.200. The summed E-state index contributed by atoms with van der Waals surface area (Å²) < 4.78 is 12.6. The third-order valence-electron chi connectivity index (χ3n) is 3.10. The van der Waals surface area contributed by atoms with E-state index in [0.29, 0.717) is 11.1 Å². The standard InChI is InChI=1S/C20H18I2O4/c1-20(2,3)26-19(24)25-18(14-6-10-16(22)11-7-14)12-17(23)13-4-8-15(21)9-5-13/h4-12H,1-3H3/b18-12-. The average molecular weight is 576 g/mol. The molecule has 0 spiro atoms. The number of hydrogen-bond acceptors (Lipinski definition) is 4. The highest BCUT2D eigenvalue weighted by Gasteiger charge is 2.20. The van der Waals surface area contributed by atoms with Gasteiger partial charge >= 0.3 is 6.16 Å². The Balaban J connectivity index is 2.32. The Morgan fingerprint density at radius 3 is 1.77 bits per heavy atom. The highest BCUT2D eigenvalue weighted by molar-refractivity contribution is 14.1. The first kappa shape index (κ1) is 20.9. The fourth-order valence-corrected chi connectivity index (χ4v) is 2.68. The zero-order valence-corrected chi connectivity index (χ0v) is 18.9. The first-order valence-electron chi connectivity index (χ1n) is 7.82. The summed E-state index contributed by atoms with van der Waals surface area (Å²) in [7, 11) is 0. The molecule has 0 fully saturated rings. The Labute approximate surface area is 180 Å². The maximum Gasteiger partial charge on any atom is 0.514 e. The van der Waals surface area contributed by atoms with Crippen LogP contribution in [0.25, 0.3) is 5.76 Å². The number of ether oxygens (including phenoxy) is 2. The van der Waals surface area contributed by atoms with Crippen LogP contribution in [0.3, 0.4) is 0 Å². The summed E-state index contributed by atoms with van der Waals surface area (Å²) in [5.74, 6) is -0.0993. The molecule has 0 amide bonds. The largest absolute Gasteiger partial charge is 0.514 e. The molecule has 0 N–H and O–H groups in total. The van der Waals surface area contributed by atoms with Gasteiger partial charge in [-0.2, -0.15) is 0 Å². The molecule has 0 aliphatic rings. The van der Waals surface area contributed by atoms with Gasteiger partial charge in [0.1, 0.15) is 11.4 Å². The van der Waals surface area contributed by atoms with Gasteiger partial charge in [0.15, 0.2) is 5.78 Å². The van der Waals surface area contributed by atoms with Gasteiger partial charge in [0.2, 0.25) is 0 Å². The van der Waals surface area contributed by atoms with Gasteiger partial charge in [-0.25, -0.2) is 4.79 Å². The first-order chi connectivity index (χ1) is 12.1. The van der Waals surface area contributed by atoms with Crippen LogP contribution in [-0.2, 0) is 9.47 Å². The number of carbonyl (C=O) groups excluding carboxylic acids is 2. The zero-order chi connectivity index (χ0) is 19.3. The lowest BCUT2D eigenvalue weighted by Crippen LogP contribution is -2.24. The quantitative estimate of drug-likeness (QED) is 0.146. The third-order valence-corrected chi connectivity index (χ3v) is 4.54. The molecule has 0 heterocycles. The SMILES string of the molecule is CC(C)(C)OC(=O)O/C(=C\C(=O)c1ccc(I)cc1)c1ccc(I)cc1. The van der Waals surface area contributed by atoms with Crippen molar-refractivity contribution in [3.63, 3.8) is 0 Å². The van der Waals surface area contributed by atoms with Crippen molar-refractivity contribution in [1.29, 1.82) is 0 Å². The van der Waals surface area contributed by atoms with Crippen LogP contribution < -0.4 is 0 Å². The van der Waals surface area contributed by atoms with Crippen LogP contribution >= 0.6 is 45.2 Å². The lowest BCUT2D eigenvalue weighted by atomic mass is 10.1. The molecule has 0 saturated heterocycles. The molecule has 0 aliphatic heterocycles. The number of allylic oxidation sites excluding steroid dienone is 1. The van der Waals surface area contributed by atoms with Crippen LogP contribution in [0.5, 0.6) is 0 Å². The van der Waals surface area contributed by atoms with Gasteiger partial charge in [0.05, 0.1) is 0 Å². The summed E-state index contributed by atoms with van der Waals surface area (Å²) in [6, 6.07) is 14.5. The van der Waals surface area contributed by atoms with Crippen molar-refractivity contribution in [2.24, 2.45) is 0 Å². The molecule has 0 radical (unpaired) electrons. The minimum atomic E-state index is -0.849. The average Bonchev–Trinajstić information content (AvgIpc) is 2.53. The van der Waals surface area contributed by atoms with Crippen molar-refractivity contribution in [1.82, 2.24) is 0 Å². The van der Waals surface area contributed by atoms with Crippen LogP contribution in [0, 0.1) is 7.14 Å². The van der Waals surface area contributed by atoms with Crippen molar-refractivity contribution < 1.29 is 19.1 Å². The van der Waals surface area contributed by atoms with Gasteiger partial charge in [0.25, 0.3) is 0 Å². The molecule has 0 aliphatic carbocycles. The summed E-state index contributed by atoms with van der Waals surface area (Å²) in [5, 5.41) is 0. The fourth-order valence-electron chi connectivity index (χ4n) is 1.96. The van der Waals surface area contributed by atoms with Crippen molar-refractivity contribution in [2.45, 2.75) is 26.4 Å². The number of rotatable bonds is 4. The second-order valence-electron chi connectivity index (χ2n) is 6.45. The molecule has 6 heteroatoms. The van der Waals surface area contributed by atoms with E-state index in [1.165, 1.54) is 6.08 Å². The highest BCUT2D eigenvalue weighted by atomic mass is 127. The molecule has 0 atom stereocenters. The van der Waals surface area contributed by atoms with E-state index in [1.54, 1.807) is 45.0 Å². The Kier molecular flexibility index (Phi) is 7.22. The lowest BCUT2D eigenvalue weighted by molar-refractivity contribution is 0.0148. The Morgan fingerprint density at radius 1 is 0.846 bits per heavy atom. The van der Waals surface area contributed by atoms with Gasteiger partial charge in [-0.3, -0.25) is 4.79 Å². The third kappa shape index (κ3) is 6.71. The van der Waals surface area contributed by atoms with E-state index in [2.05, 4.69) is 45.2 Å². The van der Waals surface area contributed by atoms with E-state index < -0.39 is 11.8 Å². The van der Waals surface area contributed by atoms with E-state index in [-0.39, 0.29) is 11.5 Å². The second-order valence-corrected chi connectivity index (χ2v) is 8.94. The van der Waals surface area contributed by atoms with E-state index in [0.717, 1.165) is 7.14 Å². The van der Waals surface area contributed by atoms with Crippen molar-refractivity contribution in [3.8, 4) is 0 Å². The van der Waals surface area contributed by atoms with E-state index in [4.69, 9.17) is 9.47 Å². The summed E-state index contributed by atoms with van der Waals surface area (Å²) in [5.41, 5.74) is 0.449. The van der Waals surface area contributed by atoms with Crippen molar-refractivity contribution in [2.75, 3.05) is 0 Å². The monoisotopic (exact) mass is 576 g/mol. The van der Waals surface area contributed by atoms with Crippen molar-refractivity contribution >= 4 is 62.9 Å². The number of halogens is 2. The van der Waals surface area contributed by atoms with Gasteiger partial charge in [-0.1, -0.05) is 24.3 Å². The summed E-state index contributed by atoms with van der Waals surface area (Å²) in [6.07, 6.45) is 0.464. The molecular formula is C20H18I2O4. The predicted octanol–water partition coefficient (Wildman–Crippen LogP) is 6.07. The van der Waals surface area contributed by atoms with Gasteiger partial charge in [-0.15, -0.1) is 0 Å². The smallest absolute Gasteiger partial charge is 0.428 e. The minimum Gasteiger partial charge on any atom is -0.428 e. The maximum atomic E-state index is 12.6. The van der Waals surface area contributed by atoms with Crippen LogP contribution in [0.4, 0.5) is 4.79 Å². The van der Waals surface area contributed by atoms with Gasteiger partial charge < -0.3 is 9.47 Å². The number of benzene rings is 2. The highest BCUT2D eigenvalue weighted by Crippen LogP contribution is 2.21. The Hall–Kier alpha value is -1.42. The molecule has 2 aromatic carbocycles. The van der Waals surface area contributed by atoms with Crippen LogP contribution in [0.15, 0.2) is 54.6 Å². The minimum absolute atomic E-state index is 0.152. The summed E-state index contributed by atoms with van der Waals surface area (Å²) >= 11 is 4.35. The molecule has 26 heavy (non-hydrogen) atoms. The van der Waals surface area contributed by atoms with Gasteiger partial charge in [0, 0.05) is 24.3 Å². The lowest BCUT2D eigenvalue weighted by Gasteiger charge is -2.19. The summed E-state index contributed by atoms with van der Waals surface area (Å²) in [6.45, 7) is 5.25. The first-order valence-corrected chi connectivity index (χ1v) is 9.98. The van der Waals surface area contributed by atoms with Crippen LogP contribution in [-0.4, -0.2) is 17.5 Å². The van der Waals surface area contributed by atoms with Crippen LogP contribution in [0.1, 0.15) is 36.7 Å². The molecule has 0 bridgehead atoms. The topological polar surface area (TPSA) is 52.6 Å². The maximum absolute atomic E-state index is 12.6. The molecule has 2 aromatic rings. The van der Waals surface area contributed by atoms with E-state index in [9.17, 15) is 9.59 Å². The summed E-state index contributed by atoms with van der Waals surface area (Å²) in [4.78, 5) is 24.6. The molecule has 0 unspecified atom stereocenters. The number of carbonyl (C=O) groups is 2. The molecular weight excluding hydrogens is 558 g/mol. The number of hydrogen-bond donors (Lipinski definition) is 0. The second kappa shape index (κ2) is 8.98. The normalized spacial score (nSPS) is 11.8. The van der Waals surface area contributed by atoms with E-state index >= 15 is 0 Å². The van der Waals surface area contributed by atoms with E-state index in [1.807, 2.05) is 24.3 Å². The zero-order valence-electron chi connectivity index (χ0n) is 14.6. The Bertz CT molecular complexity index is 816. The molecule has 2 rings (SSSR count). The molecule has 4 nitrogen and oxygen atoms in total. The van der Waals surface area contributed by atoms with Gasteiger partial charge in [-0.05, 0) is 90.2 Å².